The van der Waals surface area contributed by atoms with E-state index in [1.165, 1.54) is 0 Å². The summed E-state index contributed by atoms with van der Waals surface area (Å²) in [5.74, 6) is -1.56. The molecule has 0 fully saturated rings. The Labute approximate surface area is 98.6 Å². The van der Waals surface area contributed by atoms with Crippen LogP contribution in [-0.4, -0.2) is 38.8 Å². The molecule has 2 unspecified atom stereocenters. The van der Waals surface area contributed by atoms with Gasteiger partial charge in [-0.25, -0.2) is 0 Å². The van der Waals surface area contributed by atoms with Crippen LogP contribution < -0.4 is 11.1 Å². The van der Waals surface area contributed by atoms with Crippen molar-refractivity contribution in [2.75, 3.05) is 0 Å². The van der Waals surface area contributed by atoms with Crippen LogP contribution in [0.2, 0.25) is 0 Å². The predicted molar refractivity (Wildman–Crippen MR) is 60.1 cm³/mol. The topological polar surface area (TPSA) is 110 Å². The normalized spacial score (nSPS) is 14.0. The number of rotatable bonds is 6. The largest absolute Gasteiger partial charge is 0.481 e. The van der Waals surface area contributed by atoms with Gasteiger partial charge < -0.3 is 16.2 Å². The van der Waals surface area contributed by atoms with Crippen molar-refractivity contribution >= 4 is 11.9 Å². The van der Waals surface area contributed by atoms with Crippen LogP contribution in [0, 0.1) is 0 Å². The first kappa shape index (κ1) is 13.2. The van der Waals surface area contributed by atoms with Crippen LogP contribution in [0.15, 0.2) is 18.5 Å². The van der Waals surface area contributed by atoms with E-state index in [1.807, 2.05) is 0 Å². The number of nitrogens with two attached hydrogens (primary N) is 1. The summed E-state index contributed by atoms with van der Waals surface area (Å²) >= 11 is 0. The molecular weight excluding hydrogens is 224 g/mol. The first-order chi connectivity index (χ1) is 7.99. The van der Waals surface area contributed by atoms with E-state index in [2.05, 4.69) is 10.4 Å². The highest BCUT2D eigenvalue weighted by molar-refractivity contribution is 5.86. The third kappa shape index (κ3) is 4.64. The second-order valence-corrected chi connectivity index (χ2v) is 3.84. The van der Waals surface area contributed by atoms with Crippen molar-refractivity contribution in [3.8, 4) is 0 Å². The fourth-order valence-corrected chi connectivity index (χ4v) is 1.37. The Balaban J connectivity index is 2.37. The zero-order chi connectivity index (χ0) is 12.8. The number of carbonyl (C=O) groups excluding carboxylic acids is 1. The van der Waals surface area contributed by atoms with E-state index in [0.29, 0.717) is 6.54 Å². The lowest BCUT2D eigenvalue weighted by Gasteiger charge is -2.16. The molecule has 0 bridgehead atoms. The maximum Gasteiger partial charge on any atom is 0.305 e. The summed E-state index contributed by atoms with van der Waals surface area (Å²) in [6.45, 7) is 2.31. The first-order valence-electron chi connectivity index (χ1n) is 5.24. The number of nitrogens with zero attached hydrogens (tertiary/aromatic N) is 2. The van der Waals surface area contributed by atoms with Crippen molar-refractivity contribution < 1.29 is 14.7 Å². The molecule has 0 saturated carbocycles. The number of carbonyl (C=O) groups is 2. The molecule has 1 heterocycles. The molecule has 0 spiro atoms. The molecule has 0 aliphatic heterocycles. The average molecular weight is 240 g/mol. The van der Waals surface area contributed by atoms with Gasteiger partial charge in [-0.05, 0) is 13.0 Å². The molecule has 17 heavy (non-hydrogen) atoms. The van der Waals surface area contributed by atoms with Crippen LogP contribution >= 0.6 is 0 Å². The van der Waals surface area contributed by atoms with Crippen LogP contribution in [0.3, 0.4) is 0 Å². The Bertz CT molecular complexity index is 377. The summed E-state index contributed by atoms with van der Waals surface area (Å²) in [6.07, 6.45) is 3.05. The van der Waals surface area contributed by atoms with Gasteiger partial charge in [-0.1, -0.05) is 0 Å². The van der Waals surface area contributed by atoms with Crippen molar-refractivity contribution in [2.45, 2.75) is 32.0 Å². The Morgan fingerprint density at radius 3 is 2.82 bits per heavy atom. The first-order valence-corrected chi connectivity index (χ1v) is 5.24. The summed E-state index contributed by atoms with van der Waals surface area (Å²) in [6, 6.07) is 0.597. The number of amides is 1. The fraction of sp³-hybridized carbons (Fsp3) is 0.500. The van der Waals surface area contributed by atoms with E-state index >= 15 is 0 Å². The Morgan fingerprint density at radius 1 is 1.59 bits per heavy atom. The molecule has 0 radical (unpaired) electrons. The van der Waals surface area contributed by atoms with Crippen molar-refractivity contribution in [2.24, 2.45) is 5.73 Å². The minimum atomic E-state index is -1.09. The smallest absolute Gasteiger partial charge is 0.305 e. The summed E-state index contributed by atoms with van der Waals surface area (Å²) < 4.78 is 1.67. The Hall–Kier alpha value is -1.89. The van der Waals surface area contributed by atoms with E-state index in [-0.39, 0.29) is 12.5 Å². The van der Waals surface area contributed by atoms with Gasteiger partial charge in [0.2, 0.25) is 5.91 Å². The van der Waals surface area contributed by atoms with Gasteiger partial charge in [0.15, 0.2) is 0 Å². The molecule has 0 aliphatic carbocycles. The summed E-state index contributed by atoms with van der Waals surface area (Å²) in [4.78, 5) is 21.9. The predicted octanol–water partition coefficient (Wildman–Crippen LogP) is -0.810. The molecule has 0 aliphatic rings. The van der Waals surface area contributed by atoms with Crippen LogP contribution in [0.5, 0.6) is 0 Å². The standard InChI is InChI=1S/C10H16N4O3/c1-7(6-14-4-2-3-12-14)13-10(17)8(11)5-9(15)16/h2-4,7-8H,5-6,11H2,1H3,(H,13,17)(H,15,16). The van der Waals surface area contributed by atoms with Gasteiger partial charge in [0, 0.05) is 18.4 Å². The van der Waals surface area contributed by atoms with Gasteiger partial charge in [0.1, 0.15) is 0 Å². The zero-order valence-electron chi connectivity index (χ0n) is 9.54. The lowest BCUT2D eigenvalue weighted by molar-refractivity contribution is -0.139. The highest BCUT2D eigenvalue weighted by atomic mass is 16.4. The van der Waals surface area contributed by atoms with Crippen molar-refractivity contribution in [1.82, 2.24) is 15.1 Å². The molecule has 94 valence electrons. The molecule has 7 nitrogen and oxygen atoms in total. The molecular formula is C10H16N4O3. The lowest BCUT2D eigenvalue weighted by Crippen LogP contribution is -2.46. The molecule has 1 aromatic rings. The van der Waals surface area contributed by atoms with Gasteiger partial charge in [-0.3, -0.25) is 14.3 Å². The van der Waals surface area contributed by atoms with E-state index in [0.717, 1.165) is 0 Å². The second-order valence-electron chi connectivity index (χ2n) is 3.84. The number of hydrogen-bond donors (Lipinski definition) is 3. The quantitative estimate of drug-likeness (QED) is 0.602. The SMILES string of the molecule is CC(Cn1cccn1)NC(=O)C(N)CC(=O)O. The van der Waals surface area contributed by atoms with Crippen molar-refractivity contribution in [1.29, 1.82) is 0 Å². The average Bonchev–Trinajstić information content (AvgIpc) is 2.68. The number of carboxylic acid groups (broad SMARTS) is 1. The maximum absolute atomic E-state index is 11.5. The summed E-state index contributed by atoms with van der Waals surface area (Å²) in [5, 5.41) is 15.1. The molecule has 7 heteroatoms. The molecule has 2 atom stereocenters. The van der Waals surface area contributed by atoms with Crippen LogP contribution in [0.4, 0.5) is 0 Å². The Kier molecular flexibility index (Phi) is 4.65. The molecule has 0 aromatic carbocycles. The van der Waals surface area contributed by atoms with E-state index in [9.17, 15) is 9.59 Å². The van der Waals surface area contributed by atoms with E-state index in [1.54, 1.807) is 30.1 Å². The lowest BCUT2D eigenvalue weighted by atomic mass is 10.2. The van der Waals surface area contributed by atoms with Gasteiger partial charge in [0.25, 0.3) is 0 Å². The number of hydrogen-bond acceptors (Lipinski definition) is 4. The van der Waals surface area contributed by atoms with E-state index in [4.69, 9.17) is 10.8 Å². The number of carboxylic acids is 1. The van der Waals surface area contributed by atoms with E-state index < -0.39 is 17.9 Å². The second kappa shape index (κ2) is 6.00. The summed E-state index contributed by atoms with van der Waals surface area (Å²) in [7, 11) is 0. The fourth-order valence-electron chi connectivity index (χ4n) is 1.37. The highest BCUT2D eigenvalue weighted by Crippen LogP contribution is 1.94. The van der Waals surface area contributed by atoms with Gasteiger partial charge in [-0.2, -0.15) is 5.10 Å². The molecule has 0 saturated heterocycles. The monoisotopic (exact) mass is 240 g/mol. The van der Waals surface area contributed by atoms with Crippen LogP contribution in [0.25, 0.3) is 0 Å². The molecule has 1 rings (SSSR count). The number of aliphatic carboxylic acids is 1. The minimum Gasteiger partial charge on any atom is -0.481 e. The van der Waals surface area contributed by atoms with Gasteiger partial charge >= 0.3 is 5.97 Å². The third-order valence-electron chi connectivity index (χ3n) is 2.14. The summed E-state index contributed by atoms with van der Waals surface area (Å²) in [5.41, 5.74) is 5.42. The zero-order valence-corrected chi connectivity index (χ0v) is 9.54. The Morgan fingerprint density at radius 2 is 2.29 bits per heavy atom. The molecule has 4 N–H and O–H groups in total. The molecule has 1 aromatic heterocycles. The van der Waals surface area contributed by atoms with Gasteiger partial charge in [-0.15, -0.1) is 0 Å². The van der Waals surface area contributed by atoms with Crippen LogP contribution in [-0.2, 0) is 16.1 Å². The third-order valence-corrected chi connectivity index (χ3v) is 2.14. The van der Waals surface area contributed by atoms with Gasteiger partial charge in [0.05, 0.1) is 19.0 Å². The minimum absolute atomic E-state index is 0.165. The van der Waals surface area contributed by atoms with Crippen LogP contribution in [0.1, 0.15) is 13.3 Å². The highest BCUT2D eigenvalue weighted by Gasteiger charge is 2.18. The molecule has 1 amide bonds. The van der Waals surface area contributed by atoms with Crippen molar-refractivity contribution in [3.05, 3.63) is 18.5 Å². The number of aromatic nitrogens is 2. The maximum atomic E-state index is 11.5. The number of nitrogens with one attached hydrogen (secondary N) is 1. The van der Waals surface area contributed by atoms with Crippen molar-refractivity contribution in [3.63, 3.8) is 0 Å².